The molecule has 0 spiro atoms. The number of benzene rings is 1. The van der Waals surface area contributed by atoms with Crippen molar-refractivity contribution in [3.8, 4) is 0 Å². The molecule has 138 valence electrons. The Balaban J connectivity index is 2.60. The van der Waals surface area contributed by atoms with Crippen LogP contribution in [0.4, 0.5) is 5.69 Å². The monoisotopic (exact) mass is 376 g/mol. The summed E-state index contributed by atoms with van der Waals surface area (Å²) in [5.41, 5.74) is -0.429. The second kappa shape index (κ2) is 7.33. The van der Waals surface area contributed by atoms with Gasteiger partial charge in [-0.25, -0.2) is 4.79 Å². The number of carbonyl (C=O) groups excluding carboxylic acids is 2. The molecule has 0 aliphatic carbocycles. The van der Waals surface area contributed by atoms with Crippen molar-refractivity contribution in [3.63, 3.8) is 0 Å². The Bertz CT molecular complexity index is 817. The van der Waals surface area contributed by atoms with Gasteiger partial charge < -0.3 is 9.84 Å². The van der Waals surface area contributed by atoms with E-state index in [9.17, 15) is 14.7 Å². The van der Waals surface area contributed by atoms with Gasteiger partial charge in [0.25, 0.3) is 0 Å². The van der Waals surface area contributed by atoms with E-state index in [1.807, 2.05) is 0 Å². The Labute approximate surface area is 157 Å². The minimum Gasteiger partial charge on any atom is -0.505 e. The van der Waals surface area contributed by atoms with E-state index in [1.165, 1.54) is 11.0 Å². The standard InChI is InChI=1S/C19H21ClN2O4/c1-5-26-18(25)15-16(24)13(10-14(23)19(2,3)4)22(17(15)21)12-8-6-11(20)7-9-12/h6-10,21,24H,5H2,1-4H3. The third-order valence-corrected chi connectivity index (χ3v) is 4.00. The van der Waals surface area contributed by atoms with Gasteiger partial charge in [-0.1, -0.05) is 32.4 Å². The molecular weight excluding hydrogens is 356 g/mol. The molecule has 0 aromatic heterocycles. The molecule has 0 bridgehead atoms. The van der Waals surface area contributed by atoms with E-state index in [0.29, 0.717) is 10.7 Å². The SMILES string of the molecule is CCOC(=O)C1=C(O)C(=CC(=O)C(C)(C)C)N(c2ccc(Cl)cc2)C1=N. The molecule has 0 atom stereocenters. The van der Waals surface area contributed by atoms with Crippen LogP contribution in [-0.4, -0.2) is 29.3 Å². The van der Waals surface area contributed by atoms with Crippen molar-refractivity contribution in [3.05, 3.63) is 52.4 Å². The van der Waals surface area contributed by atoms with Gasteiger partial charge in [0, 0.05) is 22.2 Å². The third-order valence-electron chi connectivity index (χ3n) is 3.75. The molecule has 2 rings (SSSR count). The van der Waals surface area contributed by atoms with Crippen molar-refractivity contribution in [2.24, 2.45) is 5.41 Å². The first-order valence-electron chi connectivity index (χ1n) is 8.09. The average Bonchev–Trinajstić information content (AvgIpc) is 2.78. The van der Waals surface area contributed by atoms with E-state index in [-0.39, 0.29) is 29.5 Å². The number of hydrogen-bond donors (Lipinski definition) is 2. The predicted octanol–water partition coefficient (Wildman–Crippen LogP) is 4.01. The van der Waals surface area contributed by atoms with E-state index < -0.39 is 17.1 Å². The fourth-order valence-corrected chi connectivity index (χ4v) is 2.43. The molecule has 6 nitrogen and oxygen atoms in total. The number of aliphatic hydroxyl groups is 1. The number of nitrogens with zero attached hydrogens (tertiary/aromatic N) is 1. The molecule has 26 heavy (non-hydrogen) atoms. The van der Waals surface area contributed by atoms with Crippen molar-refractivity contribution in [1.29, 1.82) is 5.41 Å². The summed E-state index contributed by atoms with van der Waals surface area (Å²) in [6.45, 7) is 6.96. The van der Waals surface area contributed by atoms with E-state index in [4.69, 9.17) is 21.7 Å². The topological polar surface area (TPSA) is 90.7 Å². The first-order valence-corrected chi connectivity index (χ1v) is 8.47. The van der Waals surface area contributed by atoms with Crippen LogP contribution in [-0.2, 0) is 14.3 Å². The maximum absolute atomic E-state index is 12.5. The number of halogens is 1. The molecular formula is C19H21ClN2O4. The highest BCUT2D eigenvalue weighted by Gasteiger charge is 2.39. The molecule has 1 aromatic carbocycles. The lowest BCUT2D eigenvalue weighted by Gasteiger charge is -2.22. The van der Waals surface area contributed by atoms with Gasteiger partial charge in [0.2, 0.25) is 0 Å². The van der Waals surface area contributed by atoms with Gasteiger partial charge in [-0.15, -0.1) is 0 Å². The van der Waals surface area contributed by atoms with Crippen LogP contribution in [0.3, 0.4) is 0 Å². The van der Waals surface area contributed by atoms with Gasteiger partial charge in [0.15, 0.2) is 11.5 Å². The number of amidine groups is 1. The van der Waals surface area contributed by atoms with Crippen molar-refractivity contribution in [2.75, 3.05) is 11.5 Å². The fourth-order valence-electron chi connectivity index (χ4n) is 2.31. The van der Waals surface area contributed by atoms with Gasteiger partial charge >= 0.3 is 5.97 Å². The molecule has 0 unspecified atom stereocenters. The van der Waals surface area contributed by atoms with Crippen LogP contribution < -0.4 is 4.90 Å². The van der Waals surface area contributed by atoms with E-state index >= 15 is 0 Å². The van der Waals surface area contributed by atoms with Crippen LogP contribution in [0.15, 0.2) is 47.4 Å². The number of esters is 1. The zero-order valence-corrected chi connectivity index (χ0v) is 15.8. The normalized spacial score (nSPS) is 16.4. The maximum atomic E-state index is 12.5. The van der Waals surface area contributed by atoms with E-state index in [0.717, 1.165) is 0 Å². The molecule has 1 aliphatic rings. The number of anilines is 1. The molecule has 1 aliphatic heterocycles. The van der Waals surface area contributed by atoms with Crippen molar-refractivity contribution in [2.45, 2.75) is 27.7 Å². The molecule has 0 radical (unpaired) electrons. The average molecular weight is 377 g/mol. The largest absolute Gasteiger partial charge is 0.505 e. The van der Waals surface area contributed by atoms with Gasteiger partial charge in [-0.2, -0.15) is 0 Å². The summed E-state index contributed by atoms with van der Waals surface area (Å²) in [5.74, 6) is -1.80. The van der Waals surface area contributed by atoms with Crippen molar-refractivity contribution >= 4 is 34.9 Å². The first kappa shape index (κ1) is 19.7. The third kappa shape index (κ3) is 3.80. The van der Waals surface area contributed by atoms with Crippen molar-refractivity contribution < 1.29 is 19.4 Å². The Morgan fingerprint density at radius 1 is 1.27 bits per heavy atom. The van der Waals surface area contributed by atoms with Crippen LogP contribution in [0.5, 0.6) is 0 Å². The fraction of sp³-hybridized carbons (Fsp3) is 0.316. The molecule has 0 fully saturated rings. The molecule has 0 amide bonds. The molecule has 2 N–H and O–H groups in total. The molecule has 0 saturated carbocycles. The summed E-state index contributed by atoms with van der Waals surface area (Å²) < 4.78 is 4.93. The number of ether oxygens (including phenoxy) is 1. The Kier molecular flexibility index (Phi) is 5.56. The van der Waals surface area contributed by atoms with Gasteiger partial charge in [-0.3, -0.25) is 15.1 Å². The lowest BCUT2D eigenvalue weighted by Crippen LogP contribution is -2.28. The zero-order valence-electron chi connectivity index (χ0n) is 15.1. The number of nitrogens with one attached hydrogen (secondary N) is 1. The highest BCUT2D eigenvalue weighted by atomic mass is 35.5. The van der Waals surface area contributed by atoms with Crippen LogP contribution in [0.2, 0.25) is 5.02 Å². The molecule has 7 heteroatoms. The maximum Gasteiger partial charge on any atom is 0.345 e. The van der Waals surface area contributed by atoms with Crippen LogP contribution in [0.25, 0.3) is 0 Å². The summed E-state index contributed by atoms with van der Waals surface area (Å²) in [6.07, 6.45) is 1.24. The van der Waals surface area contributed by atoms with Gasteiger partial charge in [0.05, 0.1) is 12.3 Å². The summed E-state index contributed by atoms with van der Waals surface area (Å²) in [5, 5.41) is 19.4. The number of hydrogen-bond acceptors (Lipinski definition) is 5. The second-order valence-corrected chi connectivity index (χ2v) is 7.18. The van der Waals surface area contributed by atoms with E-state index in [2.05, 4.69) is 0 Å². The van der Waals surface area contributed by atoms with E-state index in [1.54, 1.807) is 52.0 Å². The number of carbonyl (C=O) groups is 2. The molecule has 1 heterocycles. The smallest absolute Gasteiger partial charge is 0.345 e. The number of rotatable bonds is 4. The van der Waals surface area contributed by atoms with Crippen molar-refractivity contribution in [1.82, 2.24) is 0 Å². The summed E-state index contributed by atoms with van der Waals surface area (Å²) in [4.78, 5) is 26.0. The Hall–Kier alpha value is -2.60. The lowest BCUT2D eigenvalue weighted by atomic mass is 9.90. The molecule has 0 saturated heterocycles. The molecule has 1 aromatic rings. The Morgan fingerprint density at radius 2 is 1.85 bits per heavy atom. The number of allylic oxidation sites excluding steroid dienone is 1. The zero-order chi connectivity index (χ0) is 19.6. The van der Waals surface area contributed by atoms with Gasteiger partial charge in [0.1, 0.15) is 11.4 Å². The first-order chi connectivity index (χ1) is 12.1. The quantitative estimate of drug-likeness (QED) is 0.612. The highest BCUT2D eigenvalue weighted by Crippen LogP contribution is 2.35. The van der Waals surface area contributed by atoms with Crippen LogP contribution >= 0.6 is 11.6 Å². The second-order valence-electron chi connectivity index (χ2n) is 6.75. The Morgan fingerprint density at radius 3 is 2.35 bits per heavy atom. The minimum absolute atomic E-state index is 0.0558. The number of ketones is 1. The lowest BCUT2D eigenvalue weighted by molar-refractivity contribution is -0.138. The number of aliphatic hydroxyl groups excluding tert-OH is 1. The highest BCUT2D eigenvalue weighted by molar-refractivity contribution is 6.31. The summed E-state index contributed by atoms with van der Waals surface area (Å²) in [7, 11) is 0. The van der Waals surface area contributed by atoms with Crippen LogP contribution in [0, 0.1) is 10.8 Å². The minimum atomic E-state index is -0.819. The summed E-state index contributed by atoms with van der Waals surface area (Å²) >= 11 is 5.91. The summed E-state index contributed by atoms with van der Waals surface area (Å²) in [6, 6.07) is 6.50. The van der Waals surface area contributed by atoms with Crippen LogP contribution in [0.1, 0.15) is 27.7 Å². The predicted molar refractivity (Wildman–Crippen MR) is 100 cm³/mol. The van der Waals surface area contributed by atoms with Gasteiger partial charge in [-0.05, 0) is 31.2 Å².